The van der Waals surface area contributed by atoms with Crippen molar-refractivity contribution in [3.63, 3.8) is 0 Å². The molecule has 1 atom stereocenters. The molecule has 0 radical (unpaired) electrons. The summed E-state index contributed by atoms with van der Waals surface area (Å²) in [4.78, 5) is 38.9. The van der Waals surface area contributed by atoms with Crippen LogP contribution < -0.4 is 4.90 Å². The number of carbonyl (C=O) groups excluding carboxylic acids is 2. The van der Waals surface area contributed by atoms with Crippen molar-refractivity contribution in [3.8, 4) is 0 Å². The standard InChI is InChI=1S/C29H27NO4/c1-19(21-7-5-4-6-8-21)30-25-15-14-23(17-24(25)29(2,3)18-27(30)32)26(31)16-11-20-9-12-22(13-10-20)28(33)34/h4-17,19H,18H2,1-3H3,(H,33,34). The van der Waals surface area contributed by atoms with Gasteiger partial charge in [0.2, 0.25) is 5.91 Å². The minimum Gasteiger partial charge on any atom is -0.478 e. The first-order valence-electron chi connectivity index (χ1n) is 11.2. The van der Waals surface area contributed by atoms with E-state index in [1.54, 1.807) is 24.3 Å². The molecule has 5 nitrogen and oxygen atoms in total. The molecule has 1 heterocycles. The van der Waals surface area contributed by atoms with Gasteiger partial charge in [-0.15, -0.1) is 0 Å². The van der Waals surface area contributed by atoms with Crippen molar-refractivity contribution in [2.24, 2.45) is 0 Å². The van der Waals surface area contributed by atoms with Gasteiger partial charge in [-0.2, -0.15) is 0 Å². The lowest BCUT2D eigenvalue weighted by atomic mass is 9.76. The average molecular weight is 454 g/mol. The van der Waals surface area contributed by atoms with Crippen molar-refractivity contribution in [2.45, 2.75) is 38.6 Å². The molecule has 0 saturated carbocycles. The van der Waals surface area contributed by atoms with Crippen LogP contribution >= 0.6 is 0 Å². The van der Waals surface area contributed by atoms with E-state index >= 15 is 0 Å². The van der Waals surface area contributed by atoms with E-state index in [1.165, 1.54) is 18.2 Å². The van der Waals surface area contributed by atoms with Crippen molar-refractivity contribution in [2.75, 3.05) is 4.90 Å². The van der Waals surface area contributed by atoms with Crippen molar-refractivity contribution in [1.29, 1.82) is 0 Å². The van der Waals surface area contributed by atoms with Crippen LogP contribution in [0.2, 0.25) is 0 Å². The molecule has 0 spiro atoms. The minimum atomic E-state index is -0.989. The molecular formula is C29H27NO4. The number of ketones is 1. The third-order valence-corrected chi connectivity index (χ3v) is 6.39. The van der Waals surface area contributed by atoms with Crippen LogP contribution in [-0.2, 0) is 10.2 Å². The summed E-state index contributed by atoms with van der Waals surface area (Å²) in [6.07, 6.45) is 3.52. The number of amides is 1. The molecule has 0 aromatic heterocycles. The molecule has 1 unspecified atom stereocenters. The lowest BCUT2D eigenvalue weighted by Crippen LogP contribution is -2.43. The summed E-state index contributed by atoms with van der Waals surface area (Å²) >= 11 is 0. The number of aromatic carboxylic acids is 1. The Morgan fingerprint density at radius 2 is 1.62 bits per heavy atom. The zero-order valence-corrected chi connectivity index (χ0v) is 19.5. The molecule has 0 saturated heterocycles. The topological polar surface area (TPSA) is 74.7 Å². The number of carbonyl (C=O) groups is 3. The molecule has 1 amide bonds. The Bertz CT molecular complexity index is 1270. The smallest absolute Gasteiger partial charge is 0.335 e. The number of allylic oxidation sites excluding steroid dienone is 1. The van der Waals surface area contributed by atoms with E-state index in [4.69, 9.17) is 5.11 Å². The number of anilines is 1. The van der Waals surface area contributed by atoms with Crippen molar-refractivity contribution < 1.29 is 19.5 Å². The summed E-state index contributed by atoms with van der Waals surface area (Å²) in [5.41, 5.74) is 3.95. The summed E-state index contributed by atoms with van der Waals surface area (Å²) in [6.45, 7) is 6.08. The molecule has 172 valence electrons. The van der Waals surface area contributed by atoms with E-state index in [9.17, 15) is 14.4 Å². The molecular weight excluding hydrogens is 426 g/mol. The van der Waals surface area contributed by atoms with Gasteiger partial charge in [-0.05, 0) is 60.0 Å². The Morgan fingerprint density at radius 1 is 0.971 bits per heavy atom. The fraction of sp³-hybridized carbons (Fsp3) is 0.207. The summed E-state index contributed by atoms with van der Waals surface area (Å²) < 4.78 is 0. The Morgan fingerprint density at radius 3 is 2.26 bits per heavy atom. The largest absolute Gasteiger partial charge is 0.478 e. The summed E-state index contributed by atoms with van der Waals surface area (Å²) in [5.74, 6) is -1.07. The van der Waals surface area contributed by atoms with Gasteiger partial charge in [0, 0.05) is 23.1 Å². The first kappa shape index (κ1) is 23.2. The maximum absolute atomic E-state index is 13.1. The van der Waals surface area contributed by atoms with Crippen LogP contribution in [0.25, 0.3) is 6.08 Å². The van der Waals surface area contributed by atoms with Crippen molar-refractivity contribution in [3.05, 3.63) is 107 Å². The van der Waals surface area contributed by atoms with E-state index in [0.29, 0.717) is 12.0 Å². The van der Waals surface area contributed by atoms with Crippen LogP contribution in [0, 0.1) is 0 Å². The van der Waals surface area contributed by atoms with Crippen LogP contribution in [-0.4, -0.2) is 22.8 Å². The van der Waals surface area contributed by atoms with Gasteiger partial charge >= 0.3 is 5.97 Å². The number of hydrogen-bond acceptors (Lipinski definition) is 3. The highest BCUT2D eigenvalue weighted by Crippen LogP contribution is 2.44. The third kappa shape index (κ3) is 4.55. The summed E-state index contributed by atoms with van der Waals surface area (Å²) in [7, 11) is 0. The Kier molecular flexibility index (Phi) is 6.20. The van der Waals surface area contributed by atoms with Crippen LogP contribution in [0.3, 0.4) is 0 Å². The maximum Gasteiger partial charge on any atom is 0.335 e. The monoisotopic (exact) mass is 453 g/mol. The quantitative estimate of drug-likeness (QED) is 0.364. The number of rotatable bonds is 6. The van der Waals surface area contributed by atoms with Gasteiger partial charge < -0.3 is 10.0 Å². The number of carboxylic acids is 1. The molecule has 3 aromatic carbocycles. The molecule has 1 aliphatic rings. The summed E-state index contributed by atoms with van der Waals surface area (Å²) in [5, 5.41) is 9.02. The van der Waals surface area contributed by atoms with E-state index in [-0.39, 0.29) is 23.3 Å². The first-order valence-corrected chi connectivity index (χ1v) is 11.2. The van der Waals surface area contributed by atoms with Gasteiger partial charge in [0.15, 0.2) is 5.78 Å². The second-order valence-electron chi connectivity index (χ2n) is 9.27. The van der Waals surface area contributed by atoms with Gasteiger partial charge in [-0.3, -0.25) is 9.59 Å². The van der Waals surface area contributed by atoms with Crippen molar-refractivity contribution >= 4 is 29.4 Å². The van der Waals surface area contributed by atoms with E-state index in [0.717, 1.165) is 22.4 Å². The fourth-order valence-electron chi connectivity index (χ4n) is 4.44. The van der Waals surface area contributed by atoms with Gasteiger partial charge in [-0.25, -0.2) is 4.79 Å². The number of nitrogens with zero attached hydrogens (tertiary/aromatic N) is 1. The van der Waals surface area contributed by atoms with Crippen LogP contribution in [0.1, 0.15) is 70.6 Å². The molecule has 1 aliphatic heterocycles. The van der Waals surface area contributed by atoms with E-state index in [2.05, 4.69) is 0 Å². The number of carboxylic acid groups (broad SMARTS) is 1. The second-order valence-corrected chi connectivity index (χ2v) is 9.27. The molecule has 0 fully saturated rings. The summed E-state index contributed by atoms with van der Waals surface area (Å²) in [6, 6.07) is 21.7. The van der Waals surface area contributed by atoms with Gasteiger partial charge in [-0.1, -0.05) is 62.4 Å². The maximum atomic E-state index is 13.1. The van der Waals surface area contributed by atoms with Crippen LogP contribution in [0.15, 0.2) is 78.9 Å². The molecule has 0 aliphatic carbocycles. The van der Waals surface area contributed by atoms with Crippen LogP contribution in [0.5, 0.6) is 0 Å². The molecule has 1 N–H and O–H groups in total. The zero-order chi connectivity index (χ0) is 24.5. The number of fused-ring (bicyclic) bond motifs is 1. The predicted octanol–water partition coefficient (Wildman–Crippen LogP) is 6.06. The van der Waals surface area contributed by atoms with E-state index < -0.39 is 11.4 Å². The van der Waals surface area contributed by atoms with Gasteiger partial charge in [0.1, 0.15) is 0 Å². The Balaban J connectivity index is 1.64. The molecule has 3 aromatic rings. The van der Waals surface area contributed by atoms with E-state index in [1.807, 2.05) is 68.1 Å². The van der Waals surface area contributed by atoms with Crippen molar-refractivity contribution in [1.82, 2.24) is 0 Å². The lowest BCUT2D eigenvalue weighted by molar-refractivity contribution is -0.120. The molecule has 0 bridgehead atoms. The SMILES string of the molecule is CC(c1ccccc1)N1C(=O)CC(C)(C)c2cc(C(=O)C=Cc3ccc(C(=O)O)cc3)ccc21. The average Bonchev–Trinajstić information content (AvgIpc) is 2.82. The Labute approximate surface area is 199 Å². The number of benzene rings is 3. The minimum absolute atomic E-state index is 0.0673. The lowest BCUT2D eigenvalue weighted by Gasteiger charge is -2.41. The van der Waals surface area contributed by atoms with Gasteiger partial charge in [0.25, 0.3) is 0 Å². The highest BCUT2D eigenvalue weighted by molar-refractivity contribution is 6.08. The Hall–Kier alpha value is -3.99. The molecule has 5 heteroatoms. The first-order chi connectivity index (χ1) is 16.2. The normalized spacial score (nSPS) is 15.7. The zero-order valence-electron chi connectivity index (χ0n) is 19.5. The molecule has 34 heavy (non-hydrogen) atoms. The second kappa shape index (κ2) is 9.10. The number of hydrogen-bond donors (Lipinski definition) is 1. The van der Waals surface area contributed by atoms with Gasteiger partial charge in [0.05, 0.1) is 11.6 Å². The predicted molar refractivity (Wildman–Crippen MR) is 133 cm³/mol. The fourth-order valence-corrected chi connectivity index (χ4v) is 4.44. The third-order valence-electron chi connectivity index (χ3n) is 6.39. The highest BCUT2D eigenvalue weighted by atomic mass is 16.4. The molecule has 4 rings (SSSR count). The highest BCUT2D eigenvalue weighted by Gasteiger charge is 2.39. The van der Waals surface area contributed by atoms with Crippen LogP contribution in [0.4, 0.5) is 5.69 Å².